The molecule has 0 aliphatic carbocycles. The minimum Gasteiger partial charge on any atom is -0.497 e. The summed E-state index contributed by atoms with van der Waals surface area (Å²) in [4.78, 5) is 13.4. The van der Waals surface area contributed by atoms with E-state index in [-0.39, 0.29) is 11.5 Å². The molecule has 166 valence electrons. The van der Waals surface area contributed by atoms with Crippen LogP contribution in [0, 0.1) is 0 Å². The number of benzene rings is 2. The monoisotopic (exact) mass is 426 g/mol. The smallest absolute Gasteiger partial charge is 0.221 e. The van der Waals surface area contributed by atoms with Crippen LogP contribution in [0.3, 0.4) is 0 Å². The Hall–Kier alpha value is -2.61. The Bertz CT molecular complexity index is 922. The molecule has 2 aliphatic rings. The highest BCUT2D eigenvalue weighted by Gasteiger charge is 2.43. The highest BCUT2D eigenvalue weighted by atomic mass is 16.5. The number of fused-ring (bicyclic) bond motifs is 1. The summed E-state index contributed by atoms with van der Waals surface area (Å²) in [5.41, 5.74) is 1.95. The molecule has 1 amide bonds. The third-order valence-electron chi connectivity index (χ3n) is 6.28. The predicted molar refractivity (Wildman–Crippen MR) is 117 cm³/mol. The second-order valence-corrected chi connectivity index (χ2v) is 8.53. The van der Waals surface area contributed by atoms with E-state index in [0.29, 0.717) is 24.4 Å². The highest BCUT2D eigenvalue weighted by molar-refractivity contribution is 5.88. The van der Waals surface area contributed by atoms with Crippen molar-refractivity contribution in [3.8, 4) is 11.5 Å². The van der Waals surface area contributed by atoms with E-state index in [2.05, 4.69) is 10.2 Å². The molecule has 0 radical (unpaired) electrons. The molecule has 1 fully saturated rings. The van der Waals surface area contributed by atoms with Gasteiger partial charge in [0.25, 0.3) is 0 Å². The first-order valence-electron chi connectivity index (χ1n) is 10.7. The molecular weight excluding hydrogens is 396 g/mol. The van der Waals surface area contributed by atoms with Gasteiger partial charge in [0.15, 0.2) is 0 Å². The fourth-order valence-electron chi connectivity index (χ4n) is 4.54. The maximum atomic E-state index is 11.1. The molecule has 2 atom stereocenters. The van der Waals surface area contributed by atoms with Gasteiger partial charge >= 0.3 is 0 Å². The molecule has 0 saturated carbocycles. The van der Waals surface area contributed by atoms with Gasteiger partial charge in [-0.2, -0.15) is 0 Å². The van der Waals surface area contributed by atoms with Gasteiger partial charge in [0, 0.05) is 44.2 Å². The highest BCUT2D eigenvalue weighted by Crippen LogP contribution is 2.45. The Morgan fingerprint density at radius 3 is 2.61 bits per heavy atom. The standard InChI is InChI=1S/C24H30N2O5/c1-16(27)25-18-5-3-17(4-6-18)22(29)15-26-11-9-24(10-12-26)14-21(28)20-13-19(30-2)7-8-23(20)31-24/h3-8,13,21-22,28-29H,9-12,14-15H2,1-2H3,(H,25,27)/t21-,22+/m1/s1. The lowest BCUT2D eigenvalue weighted by Crippen LogP contribution is -2.51. The average molecular weight is 427 g/mol. The van der Waals surface area contributed by atoms with E-state index in [1.165, 1.54) is 6.92 Å². The number of piperidine rings is 1. The van der Waals surface area contributed by atoms with E-state index < -0.39 is 12.2 Å². The van der Waals surface area contributed by atoms with Crippen LogP contribution < -0.4 is 14.8 Å². The largest absolute Gasteiger partial charge is 0.497 e. The Balaban J connectivity index is 1.34. The number of nitrogens with one attached hydrogen (secondary N) is 1. The summed E-state index contributed by atoms with van der Waals surface area (Å²) in [7, 11) is 1.61. The number of likely N-dealkylation sites (tertiary alicyclic amines) is 1. The second kappa shape index (κ2) is 8.86. The van der Waals surface area contributed by atoms with Crippen molar-refractivity contribution in [3.63, 3.8) is 0 Å². The number of hydrogen-bond acceptors (Lipinski definition) is 6. The number of hydrogen-bond donors (Lipinski definition) is 3. The predicted octanol–water partition coefficient (Wildman–Crippen LogP) is 3.04. The lowest BCUT2D eigenvalue weighted by Gasteiger charge is -2.46. The van der Waals surface area contributed by atoms with Crippen LogP contribution in [0.5, 0.6) is 11.5 Å². The molecule has 0 bridgehead atoms. The van der Waals surface area contributed by atoms with Crippen molar-refractivity contribution >= 4 is 11.6 Å². The van der Waals surface area contributed by atoms with Crippen LogP contribution in [0.2, 0.25) is 0 Å². The van der Waals surface area contributed by atoms with Crippen LogP contribution in [0.15, 0.2) is 42.5 Å². The van der Waals surface area contributed by atoms with Gasteiger partial charge in [-0.1, -0.05) is 12.1 Å². The van der Waals surface area contributed by atoms with E-state index in [1.807, 2.05) is 30.3 Å². The summed E-state index contributed by atoms with van der Waals surface area (Å²) in [5.74, 6) is 1.32. The summed E-state index contributed by atoms with van der Waals surface area (Å²) >= 11 is 0. The van der Waals surface area contributed by atoms with Crippen molar-refractivity contribution in [1.82, 2.24) is 4.90 Å². The van der Waals surface area contributed by atoms with Crippen molar-refractivity contribution < 1.29 is 24.5 Å². The molecule has 1 saturated heterocycles. The van der Waals surface area contributed by atoms with E-state index in [0.717, 1.165) is 42.8 Å². The van der Waals surface area contributed by atoms with Crippen molar-refractivity contribution in [2.75, 3.05) is 32.1 Å². The lowest BCUT2D eigenvalue weighted by molar-refractivity contribution is -0.114. The van der Waals surface area contributed by atoms with Gasteiger partial charge in [-0.15, -0.1) is 0 Å². The quantitative estimate of drug-likeness (QED) is 0.681. The van der Waals surface area contributed by atoms with Crippen molar-refractivity contribution in [3.05, 3.63) is 53.6 Å². The fourth-order valence-corrected chi connectivity index (χ4v) is 4.54. The van der Waals surface area contributed by atoms with Gasteiger partial charge in [-0.25, -0.2) is 0 Å². The number of methoxy groups -OCH3 is 1. The van der Waals surface area contributed by atoms with Crippen LogP contribution in [0.1, 0.15) is 49.5 Å². The molecule has 4 rings (SSSR count). The average Bonchev–Trinajstić information content (AvgIpc) is 2.75. The minimum atomic E-state index is -0.605. The topological polar surface area (TPSA) is 91.3 Å². The molecule has 2 aliphatic heterocycles. The Morgan fingerprint density at radius 1 is 1.26 bits per heavy atom. The Labute approximate surface area is 182 Å². The van der Waals surface area contributed by atoms with Crippen molar-refractivity contribution in [1.29, 1.82) is 0 Å². The first kappa shape index (κ1) is 21.6. The van der Waals surface area contributed by atoms with Gasteiger partial charge in [0.05, 0.1) is 19.3 Å². The number of carbonyl (C=O) groups excluding carboxylic acids is 1. The molecule has 0 unspecified atom stereocenters. The van der Waals surface area contributed by atoms with E-state index >= 15 is 0 Å². The summed E-state index contributed by atoms with van der Waals surface area (Å²) in [6, 6.07) is 12.9. The zero-order valence-corrected chi connectivity index (χ0v) is 18.0. The first-order valence-corrected chi connectivity index (χ1v) is 10.7. The summed E-state index contributed by atoms with van der Waals surface area (Å²) < 4.78 is 11.6. The number of rotatable bonds is 5. The normalized spacial score (nSPS) is 21.1. The number of amides is 1. The number of β-amino-alcohol motifs (C(OH)–C–C–N with tert-alkyl or cyclic N) is 1. The molecule has 7 heteroatoms. The molecule has 2 heterocycles. The fraction of sp³-hybridized carbons (Fsp3) is 0.458. The first-order chi connectivity index (χ1) is 14.9. The third kappa shape index (κ3) is 4.84. The molecule has 3 N–H and O–H groups in total. The van der Waals surface area contributed by atoms with Gasteiger partial charge in [0.1, 0.15) is 17.1 Å². The SMILES string of the molecule is COc1ccc2c(c1)[C@H](O)CC1(CCN(C[C@H](O)c3ccc(NC(C)=O)cc3)CC1)O2. The van der Waals surface area contributed by atoms with Gasteiger partial charge in [-0.3, -0.25) is 4.79 Å². The number of nitrogens with zero attached hydrogens (tertiary/aromatic N) is 1. The number of ether oxygens (including phenoxy) is 2. The minimum absolute atomic E-state index is 0.118. The zero-order valence-electron chi connectivity index (χ0n) is 18.0. The van der Waals surface area contributed by atoms with Crippen molar-refractivity contribution in [2.45, 2.75) is 44.0 Å². The maximum absolute atomic E-state index is 11.1. The number of anilines is 1. The van der Waals surface area contributed by atoms with Gasteiger partial charge in [0.2, 0.25) is 5.91 Å². The molecular formula is C24H30N2O5. The van der Waals surface area contributed by atoms with Crippen LogP contribution in [0.4, 0.5) is 5.69 Å². The lowest BCUT2D eigenvalue weighted by atomic mass is 9.81. The van der Waals surface area contributed by atoms with E-state index in [4.69, 9.17) is 9.47 Å². The Morgan fingerprint density at radius 2 is 1.97 bits per heavy atom. The number of aliphatic hydroxyl groups excluding tert-OH is 2. The molecule has 2 aromatic rings. The zero-order chi connectivity index (χ0) is 22.0. The van der Waals surface area contributed by atoms with Crippen LogP contribution >= 0.6 is 0 Å². The molecule has 31 heavy (non-hydrogen) atoms. The van der Waals surface area contributed by atoms with Crippen molar-refractivity contribution in [2.24, 2.45) is 0 Å². The van der Waals surface area contributed by atoms with Gasteiger partial charge < -0.3 is 29.9 Å². The third-order valence-corrected chi connectivity index (χ3v) is 6.28. The van der Waals surface area contributed by atoms with Crippen LogP contribution in [-0.2, 0) is 4.79 Å². The second-order valence-electron chi connectivity index (χ2n) is 8.53. The Kier molecular flexibility index (Phi) is 6.18. The summed E-state index contributed by atoms with van der Waals surface area (Å²) in [5, 5.41) is 24.1. The maximum Gasteiger partial charge on any atom is 0.221 e. The number of aliphatic hydroxyl groups is 2. The summed E-state index contributed by atoms with van der Waals surface area (Å²) in [6.07, 6.45) is 0.978. The molecule has 1 spiro atoms. The molecule has 0 aromatic heterocycles. The molecule has 7 nitrogen and oxygen atoms in total. The van der Waals surface area contributed by atoms with E-state index in [9.17, 15) is 15.0 Å². The number of carbonyl (C=O) groups is 1. The van der Waals surface area contributed by atoms with E-state index in [1.54, 1.807) is 19.2 Å². The van der Waals surface area contributed by atoms with Crippen LogP contribution in [-0.4, -0.2) is 53.4 Å². The van der Waals surface area contributed by atoms with Crippen LogP contribution in [0.25, 0.3) is 0 Å². The van der Waals surface area contributed by atoms with Gasteiger partial charge in [-0.05, 0) is 48.7 Å². The summed E-state index contributed by atoms with van der Waals surface area (Å²) in [6.45, 7) is 3.58. The molecule has 2 aromatic carbocycles.